The maximum atomic E-state index is 9.56. The molecular formula is C13H20N2O2. The Hall–Kier alpha value is -1.26. The highest BCUT2D eigenvalue weighted by Crippen LogP contribution is 2.25. The van der Waals surface area contributed by atoms with E-state index in [9.17, 15) is 5.11 Å². The lowest BCUT2D eigenvalue weighted by Crippen LogP contribution is -2.41. The summed E-state index contributed by atoms with van der Waals surface area (Å²) in [6.45, 7) is 2.53. The highest BCUT2D eigenvalue weighted by Gasteiger charge is 2.20. The van der Waals surface area contributed by atoms with Crippen molar-refractivity contribution < 1.29 is 9.84 Å². The molecule has 1 aromatic rings. The molecule has 1 aromatic carbocycles. The molecule has 4 nitrogen and oxygen atoms in total. The number of hydrogen-bond acceptors (Lipinski definition) is 4. The van der Waals surface area contributed by atoms with E-state index in [-0.39, 0.29) is 11.8 Å². The van der Waals surface area contributed by atoms with Crippen LogP contribution in [0.4, 0.5) is 0 Å². The van der Waals surface area contributed by atoms with Crippen molar-refractivity contribution in [2.75, 3.05) is 19.7 Å². The Morgan fingerprint density at radius 1 is 1.35 bits per heavy atom. The fourth-order valence-corrected chi connectivity index (χ4v) is 2.17. The average Bonchev–Trinajstić information content (AvgIpc) is 2.38. The van der Waals surface area contributed by atoms with E-state index in [1.54, 1.807) is 18.2 Å². The Labute approximate surface area is 102 Å². The number of rotatable bonds is 4. The van der Waals surface area contributed by atoms with Gasteiger partial charge < -0.3 is 20.9 Å². The van der Waals surface area contributed by atoms with E-state index in [2.05, 4.69) is 5.32 Å². The normalized spacial score (nSPS) is 18.9. The van der Waals surface area contributed by atoms with Crippen molar-refractivity contribution in [1.82, 2.24) is 5.32 Å². The molecule has 94 valence electrons. The van der Waals surface area contributed by atoms with Crippen molar-refractivity contribution >= 4 is 0 Å². The van der Waals surface area contributed by atoms with Gasteiger partial charge in [-0.15, -0.1) is 0 Å². The molecule has 1 aliphatic heterocycles. The molecule has 0 bridgehead atoms. The lowest BCUT2D eigenvalue weighted by molar-refractivity contribution is 0.214. The van der Waals surface area contributed by atoms with Crippen molar-refractivity contribution in [3.8, 4) is 11.5 Å². The molecule has 0 spiro atoms. The van der Waals surface area contributed by atoms with E-state index < -0.39 is 0 Å². The van der Waals surface area contributed by atoms with Gasteiger partial charge in [-0.3, -0.25) is 0 Å². The highest BCUT2D eigenvalue weighted by atomic mass is 16.5. The summed E-state index contributed by atoms with van der Waals surface area (Å²) in [6, 6.07) is 7.02. The molecule has 1 aliphatic rings. The molecule has 0 aromatic heterocycles. The van der Waals surface area contributed by atoms with Gasteiger partial charge in [-0.1, -0.05) is 12.1 Å². The number of benzene rings is 1. The smallest absolute Gasteiger partial charge is 0.160 e. The van der Waals surface area contributed by atoms with Gasteiger partial charge in [0.1, 0.15) is 6.61 Å². The summed E-state index contributed by atoms with van der Waals surface area (Å²) < 4.78 is 5.56. The highest BCUT2D eigenvalue weighted by molar-refractivity contribution is 5.37. The molecule has 1 fully saturated rings. The van der Waals surface area contributed by atoms with Crippen LogP contribution in [0.5, 0.6) is 11.5 Å². The topological polar surface area (TPSA) is 67.5 Å². The minimum absolute atomic E-state index is 0.0386. The minimum Gasteiger partial charge on any atom is -0.504 e. The predicted molar refractivity (Wildman–Crippen MR) is 67.2 cm³/mol. The number of ether oxygens (including phenoxy) is 1. The Morgan fingerprint density at radius 3 is 2.76 bits per heavy atom. The largest absolute Gasteiger partial charge is 0.504 e. The maximum Gasteiger partial charge on any atom is 0.160 e. The van der Waals surface area contributed by atoms with Gasteiger partial charge in [0.05, 0.1) is 0 Å². The summed E-state index contributed by atoms with van der Waals surface area (Å²) in [6.07, 6.45) is 2.20. The maximum absolute atomic E-state index is 9.56. The third-order valence-corrected chi connectivity index (χ3v) is 3.29. The van der Waals surface area contributed by atoms with Gasteiger partial charge in [0.2, 0.25) is 0 Å². The van der Waals surface area contributed by atoms with Crippen LogP contribution in [0.15, 0.2) is 24.3 Å². The van der Waals surface area contributed by atoms with Crippen LogP contribution in [0.1, 0.15) is 12.8 Å². The molecule has 1 heterocycles. The second kappa shape index (κ2) is 5.89. The van der Waals surface area contributed by atoms with E-state index in [1.165, 1.54) is 0 Å². The molecular weight excluding hydrogens is 216 g/mol. The summed E-state index contributed by atoms with van der Waals surface area (Å²) in [5, 5.41) is 12.9. The number of aromatic hydroxyl groups is 1. The van der Waals surface area contributed by atoms with E-state index in [0.717, 1.165) is 25.9 Å². The first-order valence-electron chi connectivity index (χ1n) is 6.14. The SMILES string of the molecule is NC(COc1ccccc1O)C1CCNCC1. The molecule has 4 heteroatoms. The monoisotopic (exact) mass is 236 g/mol. The van der Waals surface area contributed by atoms with Crippen molar-refractivity contribution in [3.63, 3.8) is 0 Å². The van der Waals surface area contributed by atoms with Crippen LogP contribution in [0.2, 0.25) is 0 Å². The van der Waals surface area contributed by atoms with Crippen LogP contribution in [-0.2, 0) is 0 Å². The lowest BCUT2D eigenvalue weighted by atomic mass is 9.91. The third-order valence-electron chi connectivity index (χ3n) is 3.29. The zero-order chi connectivity index (χ0) is 12.1. The molecule has 0 radical (unpaired) electrons. The number of piperidine rings is 1. The summed E-state index contributed by atoms with van der Waals surface area (Å²) in [4.78, 5) is 0. The molecule has 1 atom stereocenters. The van der Waals surface area contributed by atoms with Gasteiger partial charge in [0.25, 0.3) is 0 Å². The Bertz CT molecular complexity index is 351. The van der Waals surface area contributed by atoms with Crippen LogP contribution in [0.3, 0.4) is 0 Å². The minimum atomic E-state index is 0.0386. The second-order valence-corrected chi connectivity index (χ2v) is 4.53. The van der Waals surface area contributed by atoms with Crippen molar-refractivity contribution in [2.24, 2.45) is 11.7 Å². The summed E-state index contributed by atoms with van der Waals surface area (Å²) >= 11 is 0. The van der Waals surface area contributed by atoms with Gasteiger partial charge in [0, 0.05) is 6.04 Å². The zero-order valence-corrected chi connectivity index (χ0v) is 9.93. The van der Waals surface area contributed by atoms with Crippen LogP contribution < -0.4 is 15.8 Å². The number of hydrogen-bond donors (Lipinski definition) is 3. The van der Waals surface area contributed by atoms with Crippen molar-refractivity contribution in [2.45, 2.75) is 18.9 Å². The molecule has 0 amide bonds. The molecule has 0 saturated carbocycles. The van der Waals surface area contributed by atoms with E-state index in [0.29, 0.717) is 18.3 Å². The van der Waals surface area contributed by atoms with Crippen molar-refractivity contribution in [1.29, 1.82) is 0 Å². The predicted octanol–water partition coefficient (Wildman–Crippen LogP) is 1.10. The average molecular weight is 236 g/mol. The van der Waals surface area contributed by atoms with Gasteiger partial charge >= 0.3 is 0 Å². The summed E-state index contributed by atoms with van der Waals surface area (Å²) in [5.41, 5.74) is 6.11. The zero-order valence-electron chi connectivity index (χ0n) is 9.93. The standard InChI is InChI=1S/C13H20N2O2/c14-11(10-5-7-15-8-6-10)9-17-13-4-2-1-3-12(13)16/h1-4,10-11,15-16H,5-9,14H2. The van der Waals surface area contributed by atoms with Gasteiger partial charge in [-0.25, -0.2) is 0 Å². The fraction of sp³-hybridized carbons (Fsp3) is 0.538. The number of para-hydroxylation sites is 2. The molecule has 17 heavy (non-hydrogen) atoms. The first kappa shape index (κ1) is 12.2. The number of phenols is 1. The van der Waals surface area contributed by atoms with Gasteiger partial charge in [-0.2, -0.15) is 0 Å². The van der Waals surface area contributed by atoms with E-state index in [1.807, 2.05) is 6.07 Å². The number of phenolic OH excluding ortho intramolecular Hbond substituents is 1. The first-order chi connectivity index (χ1) is 8.27. The third kappa shape index (κ3) is 3.35. The van der Waals surface area contributed by atoms with Crippen LogP contribution in [0.25, 0.3) is 0 Å². The van der Waals surface area contributed by atoms with Gasteiger partial charge in [-0.05, 0) is 44.0 Å². The van der Waals surface area contributed by atoms with Crippen LogP contribution in [-0.4, -0.2) is 30.8 Å². The first-order valence-corrected chi connectivity index (χ1v) is 6.14. The Balaban J connectivity index is 1.83. The molecule has 1 saturated heterocycles. The lowest BCUT2D eigenvalue weighted by Gasteiger charge is -2.28. The Kier molecular flexibility index (Phi) is 4.23. The summed E-state index contributed by atoms with van der Waals surface area (Å²) in [5.74, 6) is 1.20. The molecule has 2 rings (SSSR count). The second-order valence-electron chi connectivity index (χ2n) is 4.53. The molecule has 4 N–H and O–H groups in total. The van der Waals surface area contributed by atoms with E-state index in [4.69, 9.17) is 10.5 Å². The number of nitrogens with two attached hydrogens (primary N) is 1. The number of nitrogens with one attached hydrogen (secondary N) is 1. The molecule has 0 aliphatic carbocycles. The quantitative estimate of drug-likeness (QED) is 0.732. The van der Waals surface area contributed by atoms with Crippen LogP contribution >= 0.6 is 0 Å². The van der Waals surface area contributed by atoms with Crippen LogP contribution in [0, 0.1) is 5.92 Å². The van der Waals surface area contributed by atoms with Crippen molar-refractivity contribution in [3.05, 3.63) is 24.3 Å². The Morgan fingerprint density at radius 2 is 2.06 bits per heavy atom. The van der Waals surface area contributed by atoms with Gasteiger partial charge in [0.15, 0.2) is 11.5 Å². The molecule has 1 unspecified atom stereocenters. The fourth-order valence-electron chi connectivity index (χ4n) is 2.17. The van der Waals surface area contributed by atoms with E-state index >= 15 is 0 Å². The summed E-state index contributed by atoms with van der Waals surface area (Å²) in [7, 11) is 0.